The molecule has 18 heavy (non-hydrogen) atoms. The maximum Gasteiger partial charge on any atom is 0.311 e. The van der Waals surface area contributed by atoms with Crippen molar-refractivity contribution in [3.05, 3.63) is 35.9 Å². The average molecular weight is 250 g/mol. The van der Waals surface area contributed by atoms with Crippen molar-refractivity contribution >= 4 is 5.97 Å². The van der Waals surface area contributed by atoms with Gasteiger partial charge in [-0.2, -0.15) is 0 Å². The number of carboxylic acid groups (broad SMARTS) is 1. The fourth-order valence-corrected chi connectivity index (χ4v) is 2.38. The number of aliphatic carboxylic acids is 1. The minimum absolute atomic E-state index is 0.190. The molecule has 4 nitrogen and oxygen atoms in total. The molecule has 1 aliphatic rings. The Morgan fingerprint density at radius 2 is 2.17 bits per heavy atom. The zero-order chi connectivity index (χ0) is 13.2. The van der Waals surface area contributed by atoms with Crippen LogP contribution in [0.5, 0.6) is 0 Å². The molecule has 1 fully saturated rings. The van der Waals surface area contributed by atoms with Crippen LogP contribution >= 0.6 is 0 Å². The minimum Gasteiger partial charge on any atom is -0.481 e. The molecule has 1 saturated heterocycles. The Hall–Kier alpha value is -1.39. The van der Waals surface area contributed by atoms with Gasteiger partial charge in [0.2, 0.25) is 0 Å². The molecule has 1 aliphatic heterocycles. The Labute approximate surface area is 107 Å². The van der Waals surface area contributed by atoms with Crippen LogP contribution in [0.15, 0.2) is 30.3 Å². The van der Waals surface area contributed by atoms with E-state index in [0.29, 0.717) is 13.0 Å². The monoisotopic (exact) mass is 250 g/mol. The number of hydrogen-bond acceptors (Lipinski definition) is 3. The normalized spacial score (nSPS) is 29.1. The average Bonchev–Trinajstić information content (AvgIpc) is 2.74. The van der Waals surface area contributed by atoms with Gasteiger partial charge in [0, 0.05) is 0 Å². The Morgan fingerprint density at radius 1 is 1.50 bits per heavy atom. The second-order valence-corrected chi connectivity index (χ2v) is 4.64. The highest BCUT2D eigenvalue weighted by Gasteiger charge is 2.47. The van der Waals surface area contributed by atoms with E-state index in [9.17, 15) is 9.90 Å². The maximum atomic E-state index is 11.2. The van der Waals surface area contributed by atoms with E-state index in [1.54, 1.807) is 6.92 Å². The summed E-state index contributed by atoms with van der Waals surface area (Å²) in [5.74, 6) is -2.57. The first-order valence-electron chi connectivity index (χ1n) is 6.16. The highest BCUT2D eigenvalue weighted by molar-refractivity contribution is 5.71. The van der Waals surface area contributed by atoms with E-state index in [-0.39, 0.29) is 6.10 Å². The SMILES string of the molecule is CCC(C(=O)O)C1(C)OCC(c2ccccc2)O1. The van der Waals surface area contributed by atoms with Gasteiger partial charge in [-0.05, 0) is 18.9 Å². The van der Waals surface area contributed by atoms with Crippen LogP contribution in [-0.4, -0.2) is 23.5 Å². The van der Waals surface area contributed by atoms with Crippen LogP contribution in [0.1, 0.15) is 31.9 Å². The topological polar surface area (TPSA) is 55.8 Å². The van der Waals surface area contributed by atoms with E-state index in [0.717, 1.165) is 5.56 Å². The molecule has 0 spiro atoms. The quantitative estimate of drug-likeness (QED) is 0.892. The van der Waals surface area contributed by atoms with Crippen molar-refractivity contribution in [1.29, 1.82) is 0 Å². The summed E-state index contributed by atoms with van der Waals surface area (Å²) in [5.41, 5.74) is 1.02. The van der Waals surface area contributed by atoms with Crippen molar-refractivity contribution in [3.63, 3.8) is 0 Å². The van der Waals surface area contributed by atoms with Gasteiger partial charge in [-0.15, -0.1) is 0 Å². The third-order valence-corrected chi connectivity index (χ3v) is 3.41. The standard InChI is InChI=1S/C14H18O4/c1-3-11(13(15)16)14(2)17-9-12(18-14)10-7-5-4-6-8-10/h4-8,11-12H,3,9H2,1-2H3,(H,15,16). The number of hydrogen-bond donors (Lipinski definition) is 1. The zero-order valence-electron chi connectivity index (χ0n) is 10.6. The molecule has 2 rings (SSSR count). The molecule has 0 saturated carbocycles. The molecular weight excluding hydrogens is 232 g/mol. The third kappa shape index (κ3) is 2.40. The molecule has 3 atom stereocenters. The van der Waals surface area contributed by atoms with Gasteiger partial charge in [-0.25, -0.2) is 0 Å². The van der Waals surface area contributed by atoms with Crippen LogP contribution in [0.25, 0.3) is 0 Å². The van der Waals surface area contributed by atoms with Gasteiger partial charge in [0.15, 0.2) is 5.79 Å². The predicted octanol–water partition coefficient (Wildman–Crippen LogP) is 2.60. The van der Waals surface area contributed by atoms with E-state index in [1.165, 1.54) is 0 Å². The maximum absolute atomic E-state index is 11.2. The summed E-state index contributed by atoms with van der Waals surface area (Å²) < 4.78 is 11.5. The van der Waals surface area contributed by atoms with Gasteiger partial charge < -0.3 is 14.6 Å². The van der Waals surface area contributed by atoms with Crippen molar-refractivity contribution in [2.24, 2.45) is 5.92 Å². The summed E-state index contributed by atoms with van der Waals surface area (Å²) in [6, 6.07) is 9.72. The van der Waals surface area contributed by atoms with Crippen LogP contribution in [0.4, 0.5) is 0 Å². The predicted molar refractivity (Wildman–Crippen MR) is 66.0 cm³/mol. The van der Waals surface area contributed by atoms with Crippen molar-refractivity contribution in [3.8, 4) is 0 Å². The smallest absolute Gasteiger partial charge is 0.311 e. The molecule has 0 radical (unpaired) electrons. The summed E-state index contributed by atoms with van der Waals surface area (Å²) >= 11 is 0. The lowest BCUT2D eigenvalue weighted by molar-refractivity contribution is -0.204. The second-order valence-electron chi connectivity index (χ2n) is 4.64. The van der Waals surface area contributed by atoms with E-state index in [2.05, 4.69) is 0 Å². The van der Waals surface area contributed by atoms with Crippen molar-refractivity contribution in [2.75, 3.05) is 6.61 Å². The number of ether oxygens (including phenoxy) is 2. The van der Waals surface area contributed by atoms with Crippen LogP contribution < -0.4 is 0 Å². The molecular formula is C14H18O4. The lowest BCUT2D eigenvalue weighted by atomic mass is 9.97. The first-order valence-corrected chi connectivity index (χ1v) is 6.16. The van der Waals surface area contributed by atoms with E-state index in [1.807, 2.05) is 37.3 Å². The Kier molecular flexibility index (Phi) is 3.68. The van der Waals surface area contributed by atoms with Crippen LogP contribution in [0.2, 0.25) is 0 Å². The van der Waals surface area contributed by atoms with Crippen molar-refractivity contribution in [2.45, 2.75) is 32.2 Å². The molecule has 1 N–H and O–H groups in total. The Balaban J connectivity index is 2.14. The molecule has 1 heterocycles. The molecule has 0 aromatic heterocycles. The first-order chi connectivity index (χ1) is 8.57. The van der Waals surface area contributed by atoms with Gasteiger partial charge >= 0.3 is 5.97 Å². The summed E-state index contributed by atoms with van der Waals surface area (Å²) in [7, 11) is 0. The largest absolute Gasteiger partial charge is 0.481 e. The first kappa shape index (κ1) is 13.1. The number of carboxylic acids is 1. The van der Waals surface area contributed by atoms with Gasteiger partial charge in [0.05, 0.1) is 6.61 Å². The lowest BCUT2D eigenvalue weighted by Crippen LogP contribution is -2.40. The van der Waals surface area contributed by atoms with Crippen LogP contribution in [0.3, 0.4) is 0 Å². The molecule has 1 aromatic rings. The molecule has 4 heteroatoms. The molecule has 1 aromatic carbocycles. The van der Waals surface area contributed by atoms with Crippen molar-refractivity contribution < 1.29 is 19.4 Å². The summed E-state index contributed by atoms with van der Waals surface area (Å²) in [5, 5.41) is 9.20. The van der Waals surface area contributed by atoms with Crippen molar-refractivity contribution in [1.82, 2.24) is 0 Å². The fourth-order valence-electron chi connectivity index (χ4n) is 2.38. The number of carbonyl (C=O) groups is 1. The minimum atomic E-state index is -1.04. The van der Waals surface area contributed by atoms with E-state index >= 15 is 0 Å². The van der Waals surface area contributed by atoms with Gasteiger partial charge in [0.25, 0.3) is 0 Å². The number of benzene rings is 1. The van der Waals surface area contributed by atoms with Crippen LogP contribution in [0, 0.1) is 5.92 Å². The fraction of sp³-hybridized carbons (Fsp3) is 0.500. The summed E-state index contributed by atoms with van der Waals surface area (Å²) in [4.78, 5) is 11.2. The number of rotatable bonds is 4. The Morgan fingerprint density at radius 3 is 2.72 bits per heavy atom. The van der Waals surface area contributed by atoms with E-state index in [4.69, 9.17) is 9.47 Å². The molecule has 0 bridgehead atoms. The highest BCUT2D eigenvalue weighted by atomic mass is 16.7. The van der Waals surface area contributed by atoms with Gasteiger partial charge in [-0.1, -0.05) is 37.3 Å². The van der Waals surface area contributed by atoms with Crippen LogP contribution in [-0.2, 0) is 14.3 Å². The summed E-state index contributed by atoms with van der Waals surface area (Å²) in [6.07, 6.45) is 0.289. The molecule has 0 aliphatic carbocycles. The van der Waals surface area contributed by atoms with Gasteiger partial charge in [0.1, 0.15) is 12.0 Å². The van der Waals surface area contributed by atoms with E-state index < -0.39 is 17.7 Å². The third-order valence-electron chi connectivity index (χ3n) is 3.41. The molecule has 3 unspecified atom stereocenters. The second kappa shape index (κ2) is 5.08. The Bertz CT molecular complexity index is 417. The zero-order valence-corrected chi connectivity index (χ0v) is 10.6. The van der Waals surface area contributed by atoms with Gasteiger partial charge in [-0.3, -0.25) is 4.79 Å². The molecule has 98 valence electrons. The lowest BCUT2D eigenvalue weighted by Gasteiger charge is -2.29. The summed E-state index contributed by atoms with van der Waals surface area (Å²) in [6.45, 7) is 3.93. The molecule has 0 amide bonds. The highest BCUT2D eigenvalue weighted by Crippen LogP contribution is 2.39.